The van der Waals surface area contributed by atoms with Gasteiger partial charge in [0.1, 0.15) is 0 Å². The molecule has 0 radical (unpaired) electrons. The molecule has 1 fully saturated rings. The summed E-state index contributed by atoms with van der Waals surface area (Å²) in [5, 5.41) is 1.85. The van der Waals surface area contributed by atoms with Crippen molar-refractivity contribution in [3.63, 3.8) is 0 Å². The van der Waals surface area contributed by atoms with Crippen molar-refractivity contribution in [2.24, 2.45) is 5.92 Å². The maximum absolute atomic E-state index is 13.0. The number of carbonyl (C=O) groups is 1. The van der Waals surface area contributed by atoms with E-state index in [9.17, 15) is 13.2 Å². The molecular weight excluding hydrogens is 408 g/mol. The van der Waals surface area contributed by atoms with Gasteiger partial charge in [-0.25, -0.2) is 8.42 Å². The molecule has 1 aliphatic rings. The van der Waals surface area contributed by atoms with Crippen molar-refractivity contribution in [3.05, 3.63) is 78.4 Å². The van der Waals surface area contributed by atoms with Crippen LogP contribution in [0.15, 0.2) is 77.7 Å². The van der Waals surface area contributed by atoms with Crippen LogP contribution in [0.5, 0.6) is 0 Å². The molecule has 0 unspecified atom stereocenters. The summed E-state index contributed by atoms with van der Waals surface area (Å²) in [7, 11) is -2.25. The SMILES string of the molecule is CN(CC(=O)N1CCC(Cc2ccccc2)CC1)S(=O)(=O)c1ccc2ccccc2c1. The number of likely N-dealkylation sites (N-methyl/N-ethyl adjacent to an activating group) is 1. The van der Waals surface area contributed by atoms with Gasteiger partial charge < -0.3 is 4.90 Å². The van der Waals surface area contributed by atoms with Crippen molar-refractivity contribution in [1.82, 2.24) is 9.21 Å². The second-order valence-corrected chi connectivity index (χ2v) is 10.3. The lowest BCUT2D eigenvalue weighted by molar-refractivity contribution is -0.132. The number of benzene rings is 3. The Labute approximate surface area is 184 Å². The first-order valence-electron chi connectivity index (χ1n) is 10.7. The number of piperidine rings is 1. The molecule has 1 amide bonds. The van der Waals surface area contributed by atoms with Gasteiger partial charge in [-0.05, 0) is 53.6 Å². The molecule has 1 heterocycles. The fourth-order valence-electron chi connectivity index (χ4n) is 4.22. The van der Waals surface area contributed by atoms with Crippen LogP contribution in [-0.2, 0) is 21.2 Å². The molecule has 4 rings (SSSR count). The lowest BCUT2D eigenvalue weighted by atomic mass is 9.90. The first kappa shape index (κ1) is 21.5. The Morgan fingerprint density at radius 2 is 1.58 bits per heavy atom. The molecule has 6 heteroatoms. The number of rotatable bonds is 6. The van der Waals surface area contributed by atoms with Crippen molar-refractivity contribution in [2.75, 3.05) is 26.7 Å². The lowest BCUT2D eigenvalue weighted by Gasteiger charge is -2.33. The summed E-state index contributed by atoms with van der Waals surface area (Å²) >= 11 is 0. The summed E-state index contributed by atoms with van der Waals surface area (Å²) < 4.78 is 27.2. The van der Waals surface area contributed by atoms with Crippen LogP contribution in [0, 0.1) is 5.92 Å². The van der Waals surface area contributed by atoms with Gasteiger partial charge in [0.15, 0.2) is 0 Å². The Kier molecular flexibility index (Phi) is 6.39. The molecule has 1 saturated heterocycles. The smallest absolute Gasteiger partial charge is 0.243 e. The molecule has 0 atom stereocenters. The highest BCUT2D eigenvalue weighted by Crippen LogP contribution is 2.23. The zero-order valence-electron chi connectivity index (χ0n) is 17.8. The first-order chi connectivity index (χ1) is 14.9. The molecule has 162 valence electrons. The number of carbonyl (C=O) groups excluding carboxylic acids is 1. The van der Waals surface area contributed by atoms with Crippen LogP contribution in [-0.4, -0.2) is 50.2 Å². The van der Waals surface area contributed by atoms with Crippen molar-refractivity contribution >= 4 is 26.7 Å². The monoisotopic (exact) mass is 436 g/mol. The highest BCUT2D eigenvalue weighted by Gasteiger charge is 2.28. The highest BCUT2D eigenvalue weighted by atomic mass is 32.2. The Morgan fingerprint density at radius 3 is 2.29 bits per heavy atom. The molecule has 0 spiro atoms. The van der Waals surface area contributed by atoms with Gasteiger partial charge in [0, 0.05) is 20.1 Å². The van der Waals surface area contributed by atoms with Crippen LogP contribution in [0.25, 0.3) is 10.8 Å². The molecule has 0 aliphatic carbocycles. The second kappa shape index (κ2) is 9.20. The fourth-order valence-corrected chi connectivity index (χ4v) is 5.37. The molecule has 0 bridgehead atoms. The predicted molar refractivity (Wildman–Crippen MR) is 123 cm³/mol. The zero-order valence-corrected chi connectivity index (χ0v) is 18.6. The van der Waals surface area contributed by atoms with Crippen LogP contribution >= 0.6 is 0 Å². The molecule has 1 aliphatic heterocycles. The average molecular weight is 437 g/mol. The number of nitrogens with zero attached hydrogens (tertiary/aromatic N) is 2. The van der Waals surface area contributed by atoms with Crippen LogP contribution in [0.3, 0.4) is 0 Å². The number of fused-ring (bicyclic) bond motifs is 1. The Bertz CT molecular complexity index is 1150. The molecule has 5 nitrogen and oxygen atoms in total. The number of likely N-dealkylation sites (tertiary alicyclic amines) is 1. The molecule has 0 aromatic heterocycles. The summed E-state index contributed by atoms with van der Waals surface area (Å²) in [5.41, 5.74) is 1.33. The minimum atomic E-state index is -3.73. The first-order valence-corrected chi connectivity index (χ1v) is 12.1. The molecule has 31 heavy (non-hydrogen) atoms. The van der Waals surface area contributed by atoms with Gasteiger partial charge in [0.25, 0.3) is 0 Å². The van der Waals surface area contributed by atoms with E-state index in [2.05, 4.69) is 24.3 Å². The van der Waals surface area contributed by atoms with E-state index in [1.807, 2.05) is 30.3 Å². The van der Waals surface area contributed by atoms with E-state index < -0.39 is 10.0 Å². The number of amides is 1. The van der Waals surface area contributed by atoms with E-state index in [-0.39, 0.29) is 17.3 Å². The largest absolute Gasteiger partial charge is 0.342 e. The fraction of sp³-hybridized carbons (Fsp3) is 0.320. The predicted octanol–water partition coefficient (Wildman–Crippen LogP) is 3.94. The average Bonchev–Trinajstić information content (AvgIpc) is 2.79. The van der Waals surface area contributed by atoms with Crippen LogP contribution in [0.4, 0.5) is 0 Å². The van der Waals surface area contributed by atoms with Gasteiger partial charge in [0.2, 0.25) is 15.9 Å². The van der Waals surface area contributed by atoms with Gasteiger partial charge in [-0.15, -0.1) is 0 Å². The highest BCUT2D eigenvalue weighted by molar-refractivity contribution is 7.89. The molecular formula is C25H28N2O3S. The van der Waals surface area contributed by atoms with Crippen molar-refractivity contribution in [3.8, 4) is 0 Å². The summed E-state index contributed by atoms with van der Waals surface area (Å²) in [5.74, 6) is 0.426. The Hall–Kier alpha value is -2.70. The second-order valence-electron chi connectivity index (χ2n) is 8.28. The van der Waals surface area contributed by atoms with E-state index in [0.29, 0.717) is 19.0 Å². The third-order valence-electron chi connectivity index (χ3n) is 6.12. The normalized spacial score (nSPS) is 15.5. The molecule has 3 aromatic rings. The number of hydrogen-bond acceptors (Lipinski definition) is 3. The molecule has 0 saturated carbocycles. The number of hydrogen-bond donors (Lipinski definition) is 0. The Morgan fingerprint density at radius 1 is 0.935 bits per heavy atom. The minimum absolute atomic E-state index is 0.134. The van der Waals surface area contributed by atoms with E-state index in [1.54, 1.807) is 23.1 Å². The van der Waals surface area contributed by atoms with Gasteiger partial charge in [0.05, 0.1) is 11.4 Å². The topological polar surface area (TPSA) is 57.7 Å². The van der Waals surface area contributed by atoms with Crippen molar-refractivity contribution < 1.29 is 13.2 Å². The summed E-state index contributed by atoms with van der Waals surface area (Å²) in [6.07, 6.45) is 2.92. The van der Waals surface area contributed by atoms with Gasteiger partial charge in [-0.2, -0.15) is 4.31 Å². The minimum Gasteiger partial charge on any atom is -0.342 e. The summed E-state index contributed by atoms with van der Waals surface area (Å²) in [6.45, 7) is 1.22. The van der Waals surface area contributed by atoms with Crippen LogP contribution < -0.4 is 0 Å². The van der Waals surface area contributed by atoms with Crippen LogP contribution in [0.2, 0.25) is 0 Å². The maximum atomic E-state index is 13.0. The zero-order chi connectivity index (χ0) is 21.8. The van der Waals surface area contributed by atoms with E-state index >= 15 is 0 Å². The summed E-state index contributed by atoms with van der Waals surface area (Å²) in [6, 6.07) is 23.1. The summed E-state index contributed by atoms with van der Waals surface area (Å²) in [4.78, 5) is 14.8. The van der Waals surface area contributed by atoms with Gasteiger partial charge in [-0.3, -0.25) is 4.79 Å². The van der Waals surface area contributed by atoms with Crippen LogP contribution in [0.1, 0.15) is 18.4 Å². The lowest BCUT2D eigenvalue weighted by Crippen LogP contribution is -2.44. The Balaban J connectivity index is 1.35. The van der Waals surface area contributed by atoms with Crippen molar-refractivity contribution in [1.29, 1.82) is 0 Å². The van der Waals surface area contributed by atoms with E-state index in [1.165, 1.54) is 12.6 Å². The van der Waals surface area contributed by atoms with E-state index in [0.717, 1.165) is 34.3 Å². The standard InChI is InChI=1S/C25H28N2O3S/c1-26(31(29,30)24-12-11-22-9-5-6-10-23(22)18-24)19-25(28)27-15-13-21(14-16-27)17-20-7-3-2-4-8-20/h2-12,18,21H,13-17,19H2,1H3. The van der Waals surface area contributed by atoms with Crippen molar-refractivity contribution in [2.45, 2.75) is 24.2 Å². The van der Waals surface area contributed by atoms with Gasteiger partial charge in [-0.1, -0.05) is 60.7 Å². The molecule has 0 N–H and O–H groups in total. The maximum Gasteiger partial charge on any atom is 0.243 e. The third kappa shape index (κ3) is 4.97. The third-order valence-corrected chi connectivity index (χ3v) is 7.92. The molecule has 3 aromatic carbocycles. The quantitative estimate of drug-likeness (QED) is 0.588. The number of sulfonamides is 1. The van der Waals surface area contributed by atoms with E-state index in [4.69, 9.17) is 0 Å². The van der Waals surface area contributed by atoms with Gasteiger partial charge >= 0.3 is 0 Å².